The van der Waals surface area contributed by atoms with Crippen molar-refractivity contribution >= 4 is 5.71 Å². The first-order valence-electron chi connectivity index (χ1n) is 10.1. The number of nitrogens with zero attached hydrogens (tertiary/aromatic N) is 3. The normalized spacial score (nSPS) is 29.3. The molecule has 0 radical (unpaired) electrons. The molecule has 1 spiro atoms. The zero-order valence-electron chi connectivity index (χ0n) is 16.1. The lowest BCUT2D eigenvalue weighted by Gasteiger charge is -2.50. The molecule has 27 heavy (non-hydrogen) atoms. The van der Waals surface area contributed by atoms with E-state index in [0.717, 1.165) is 49.4 Å². The van der Waals surface area contributed by atoms with Crippen LogP contribution in [-0.2, 0) is 0 Å². The number of hydrazone groups is 1. The fourth-order valence-corrected chi connectivity index (χ4v) is 4.82. The number of piperidine rings is 1. The maximum absolute atomic E-state index is 6.68. The number of benzene rings is 1. The SMILES string of the molecule is CC(C)[NH+]1CCC2(CC1)Oc1ccccc1[C@@H]1CC(c3ccncc3)=NN12. The van der Waals surface area contributed by atoms with Crippen LogP contribution in [0.25, 0.3) is 0 Å². The zero-order chi connectivity index (χ0) is 18.4. The van der Waals surface area contributed by atoms with Gasteiger partial charge < -0.3 is 9.64 Å². The summed E-state index contributed by atoms with van der Waals surface area (Å²) in [4.78, 5) is 5.82. The van der Waals surface area contributed by atoms with Crippen molar-refractivity contribution in [3.63, 3.8) is 0 Å². The maximum Gasteiger partial charge on any atom is 0.208 e. The number of quaternary nitrogens is 1. The van der Waals surface area contributed by atoms with E-state index < -0.39 is 0 Å². The third-order valence-electron chi connectivity index (χ3n) is 6.41. The highest BCUT2D eigenvalue weighted by Crippen LogP contribution is 2.49. The number of hydrogen-bond donors (Lipinski definition) is 1. The molecule has 1 fully saturated rings. The monoisotopic (exact) mass is 363 g/mol. The Balaban J connectivity index is 1.53. The highest BCUT2D eigenvalue weighted by Gasteiger charge is 2.53. The molecule has 3 aliphatic rings. The third-order valence-corrected chi connectivity index (χ3v) is 6.41. The van der Waals surface area contributed by atoms with Gasteiger partial charge in [0.1, 0.15) is 5.75 Å². The van der Waals surface area contributed by atoms with Gasteiger partial charge in [-0.05, 0) is 32.0 Å². The number of nitrogens with one attached hydrogen (secondary N) is 1. The summed E-state index contributed by atoms with van der Waals surface area (Å²) in [6.45, 7) is 6.87. The molecule has 1 N–H and O–H groups in total. The Morgan fingerprint density at radius 3 is 2.59 bits per heavy atom. The quantitative estimate of drug-likeness (QED) is 0.891. The van der Waals surface area contributed by atoms with Crippen LogP contribution < -0.4 is 9.64 Å². The van der Waals surface area contributed by atoms with Gasteiger partial charge in [-0.3, -0.25) is 4.98 Å². The first kappa shape index (κ1) is 16.8. The smallest absolute Gasteiger partial charge is 0.208 e. The van der Waals surface area contributed by atoms with Gasteiger partial charge in [0.2, 0.25) is 5.72 Å². The molecule has 0 saturated carbocycles. The summed E-state index contributed by atoms with van der Waals surface area (Å²) < 4.78 is 6.68. The number of ether oxygens (including phenoxy) is 1. The Kier molecular flexibility index (Phi) is 3.93. The first-order valence-corrected chi connectivity index (χ1v) is 10.1. The van der Waals surface area contributed by atoms with Crippen molar-refractivity contribution in [2.45, 2.75) is 50.9 Å². The Bertz CT molecular complexity index is 856. The van der Waals surface area contributed by atoms with E-state index in [2.05, 4.69) is 60.2 Å². The Morgan fingerprint density at radius 2 is 1.85 bits per heavy atom. The van der Waals surface area contributed by atoms with Gasteiger partial charge in [0, 0.05) is 29.9 Å². The molecular weight excluding hydrogens is 336 g/mol. The van der Waals surface area contributed by atoms with Crippen LogP contribution in [0.15, 0.2) is 53.9 Å². The summed E-state index contributed by atoms with van der Waals surface area (Å²) >= 11 is 0. The Morgan fingerprint density at radius 1 is 1.11 bits per heavy atom. The largest absolute Gasteiger partial charge is 0.466 e. The van der Waals surface area contributed by atoms with Gasteiger partial charge in [-0.25, -0.2) is 5.01 Å². The van der Waals surface area contributed by atoms with E-state index in [4.69, 9.17) is 9.84 Å². The lowest BCUT2D eigenvalue weighted by atomic mass is 9.90. The molecule has 0 bridgehead atoms. The van der Waals surface area contributed by atoms with E-state index in [1.165, 1.54) is 5.56 Å². The maximum atomic E-state index is 6.68. The topological polar surface area (TPSA) is 42.2 Å². The summed E-state index contributed by atoms with van der Waals surface area (Å²) in [5, 5.41) is 7.41. The molecule has 0 aliphatic carbocycles. The number of fused-ring (bicyclic) bond motifs is 4. The zero-order valence-corrected chi connectivity index (χ0v) is 16.1. The molecule has 5 nitrogen and oxygen atoms in total. The molecule has 3 aliphatic heterocycles. The lowest BCUT2D eigenvalue weighted by molar-refractivity contribution is -0.929. The molecule has 1 aromatic heterocycles. The fraction of sp³-hybridized carbons (Fsp3) is 0.455. The summed E-state index contributed by atoms with van der Waals surface area (Å²) in [6, 6.07) is 13.5. The van der Waals surface area contributed by atoms with Crippen LogP contribution in [0.4, 0.5) is 0 Å². The average molecular weight is 363 g/mol. The number of para-hydroxylation sites is 1. The van der Waals surface area contributed by atoms with Crippen LogP contribution in [0.5, 0.6) is 5.75 Å². The molecule has 0 amide bonds. The van der Waals surface area contributed by atoms with Crippen molar-refractivity contribution in [3.8, 4) is 5.75 Å². The molecule has 0 unspecified atom stereocenters. The van der Waals surface area contributed by atoms with E-state index >= 15 is 0 Å². The van der Waals surface area contributed by atoms with Crippen LogP contribution in [0, 0.1) is 0 Å². The van der Waals surface area contributed by atoms with Gasteiger partial charge in [-0.15, -0.1) is 0 Å². The first-order chi connectivity index (χ1) is 13.2. The van der Waals surface area contributed by atoms with Crippen molar-refractivity contribution in [1.82, 2.24) is 9.99 Å². The predicted molar refractivity (Wildman–Crippen MR) is 105 cm³/mol. The average Bonchev–Trinajstić information content (AvgIpc) is 3.16. The van der Waals surface area contributed by atoms with Crippen LogP contribution in [-0.4, -0.2) is 40.6 Å². The molecule has 1 aromatic carbocycles. The minimum atomic E-state index is -0.313. The summed E-state index contributed by atoms with van der Waals surface area (Å²) in [5.41, 5.74) is 3.25. The van der Waals surface area contributed by atoms with Gasteiger partial charge in [-0.2, -0.15) is 5.10 Å². The summed E-state index contributed by atoms with van der Waals surface area (Å²) in [6.07, 6.45) is 6.64. The molecule has 5 rings (SSSR count). The van der Waals surface area contributed by atoms with Crippen molar-refractivity contribution < 1.29 is 9.64 Å². The minimum Gasteiger partial charge on any atom is -0.466 e. The van der Waals surface area contributed by atoms with Crippen molar-refractivity contribution in [3.05, 3.63) is 59.9 Å². The number of aromatic nitrogens is 1. The van der Waals surface area contributed by atoms with Crippen LogP contribution in [0.3, 0.4) is 0 Å². The highest BCUT2D eigenvalue weighted by atomic mass is 16.5. The molecular formula is C22H27N4O+. The van der Waals surface area contributed by atoms with E-state index in [-0.39, 0.29) is 11.8 Å². The minimum absolute atomic E-state index is 0.263. The predicted octanol–water partition coefficient (Wildman–Crippen LogP) is 2.41. The van der Waals surface area contributed by atoms with Gasteiger partial charge in [0.15, 0.2) is 0 Å². The van der Waals surface area contributed by atoms with E-state index in [1.807, 2.05) is 12.4 Å². The molecule has 140 valence electrons. The second kappa shape index (κ2) is 6.34. The highest BCUT2D eigenvalue weighted by molar-refractivity contribution is 6.01. The summed E-state index contributed by atoms with van der Waals surface area (Å²) in [7, 11) is 0. The molecule has 1 atom stereocenters. The summed E-state index contributed by atoms with van der Waals surface area (Å²) in [5.74, 6) is 1.04. The fourth-order valence-electron chi connectivity index (χ4n) is 4.82. The Hall–Kier alpha value is -2.40. The number of pyridine rings is 1. The number of rotatable bonds is 2. The second-order valence-corrected chi connectivity index (χ2v) is 8.25. The van der Waals surface area contributed by atoms with Crippen LogP contribution in [0.1, 0.15) is 50.3 Å². The standard InChI is InChI=1S/C22H26N4O/c1-16(2)25-13-9-22(10-14-25)26-20(18-5-3-4-6-21(18)27-22)15-19(24-26)17-7-11-23-12-8-17/h3-8,11-12,16,20H,9-10,13-15H2,1-2H3/p+1/t20-/m0/s1. The van der Waals surface area contributed by atoms with Crippen molar-refractivity contribution in [1.29, 1.82) is 0 Å². The van der Waals surface area contributed by atoms with Gasteiger partial charge >= 0.3 is 0 Å². The van der Waals surface area contributed by atoms with Crippen molar-refractivity contribution in [2.75, 3.05) is 13.1 Å². The number of likely N-dealkylation sites (tertiary alicyclic amines) is 1. The van der Waals surface area contributed by atoms with Gasteiger partial charge in [0.25, 0.3) is 0 Å². The number of hydrogen-bond acceptors (Lipinski definition) is 4. The van der Waals surface area contributed by atoms with Crippen molar-refractivity contribution in [2.24, 2.45) is 5.10 Å². The van der Waals surface area contributed by atoms with Gasteiger partial charge in [0.05, 0.1) is 43.7 Å². The lowest BCUT2D eigenvalue weighted by Crippen LogP contribution is -3.16. The Labute approximate surface area is 160 Å². The molecule has 1 saturated heterocycles. The van der Waals surface area contributed by atoms with Crippen LogP contribution in [0.2, 0.25) is 0 Å². The molecule has 2 aromatic rings. The van der Waals surface area contributed by atoms with E-state index in [1.54, 1.807) is 4.90 Å². The third kappa shape index (κ3) is 2.72. The van der Waals surface area contributed by atoms with E-state index in [9.17, 15) is 0 Å². The van der Waals surface area contributed by atoms with Gasteiger partial charge in [-0.1, -0.05) is 18.2 Å². The van der Waals surface area contributed by atoms with Crippen LogP contribution >= 0.6 is 0 Å². The van der Waals surface area contributed by atoms with E-state index in [0.29, 0.717) is 6.04 Å². The molecule has 5 heteroatoms. The molecule has 4 heterocycles. The second-order valence-electron chi connectivity index (χ2n) is 8.25.